The van der Waals surface area contributed by atoms with Gasteiger partial charge in [-0.2, -0.15) is 0 Å². The molecule has 0 amide bonds. The molecular formula is B8I2. The van der Waals surface area contributed by atoms with Crippen molar-refractivity contribution in [2.24, 2.45) is 0 Å². The molecule has 0 bridgehead atoms. The molecule has 0 heterocycles. The molecule has 0 fully saturated rings. The molecule has 10 heavy (non-hydrogen) atoms. The summed E-state index contributed by atoms with van der Waals surface area (Å²) in [4.78, 5) is 0. The molecule has 0 N–H and O–H groups in total. The fraction of sp³-hybridized carbons (Fsp3) is 0. The van der Waals surface area contributed by atoms with Gasteiger partial charge in [-0.05, 0) is 0 Å². The molecule has 0 unspecified atom stereocenters. The van der Waals surface area contributed by atoms with Crippen LogP contribution in [-0.2, 0) is 0 Å². The Morgan fingerprint density at radius 1 is 1.00 bits per heavy atom. The number of hydrogen-bond acceptors (Lipinski definition) is 0. The quantitative estimate of drug-likeness (QED) is 0.444. The van der Waals surface area contributed by atoms with Crippen LogP contribution in [0.15, 0.2) is 0 Å². The standard InChI is InChI=1S/B8I2/c1-6(2)8(5)10(9)7(3)4. The van der Waals surface area contributed by atoms with Crippen LogP contribution in [0.5, 0.6) is 0 Å². The van der Waals surface area contributed by atoms with E-state index in [1.54, 1.807) is 0 Å². The molecule has 0 aliphatic carbocycles. The first-order valence-corrected chi connectivity index (χ1v) is 11.4. The summed E-state index contributed by atoms with van der Waals surface area (Å²) in [6.07, 6.45) is -0.489. The van der Waals surface area contributed by atoms with Crippen molar-refractivity contribution in [1.29, 1.82) is 0 Å². The van der Waals surface area contributed by atoms with Crippen molar-refractivity contribution in [3.63, 3.8) is 0 Å². The predicted octanol–water partition coefficient (Wildman–Crippen LogP) is -1.27. The summed E-state index contributed by atoms with van der Waals surface area (Å²) in [5.74, 6) is 0. The molecule has 0 aliphatic heterocycles. The van der Waals surface area contributed by atoms with Crippen LogP contribution in [0.25, 0.3) is 0 Å². The van der Waals surface area contributed by atoms with Gasteiger partial charge in [0.25, 0.3) is 0 Å². The fourth-order valence-corrected chi connectivity index (χ4v) is 4.16. The van der Waals surface area contributed by atoms with E-state index in [4.69, 9.17) is 38.7 Å². The summed E-state index contributed by atoms with van der Waals surface area (Å²) in [7, 11) is 27.2. The molecule has 0 saturated carbocycles. The van der Waals surface area contributed by atoms with Crippen LogP contribution < -0.4 is 0 Å². The molecule has 38 valence electrons. The normalized spacial score (nSPS) is 10.3. The Hall–Kier alpha value is 1.98. The van der Waals surface area contributed by atoms with Gasteiger partial charge in [0.05, 0.1) is 0 Å². The first-order chi connectivity index (χ1) is 4.46. The van der Waals surface area contributed by atoms with E-state index >= 15 is 0 Å². The zero-order chi connectivity index (χ0) is 8.31. The molecule has 0 nitrogen and oxygen atoms in total. The summed E-state index contributed by atoms with van der Waals surface area (Å²) in [5, 5.41) is 0. The van der Waals surface area contributed by atoms with Crippen LogP contribution in [0.3, 0.4) is 0 Å². The van der Waals surface area contributed by atoms with Gasteiger partial charge in [-0.25, -0.2) is 0 Å². The SMILES string of the molecule is [B]B([B])B([B])I(I)B([B])[B]. The first kappa shape index (κ1) is 12.0. The van der Waals surface area contributed by atoms with Gasteiger partial charge < -0.3 is 0 Å². The van der Waals surface area contributed by atoms with E-state index in [1.807, 2.05) is 0 Å². The fourth-order valence-electron chi connectivity index (χ4n) is 0.307. The summed E-state index contributed by atoms with van der Waals surface area (Å²) < 4.78 is -0.501. The molecule has 0 spiro atoms. The van der Waals surface area contributed by atoms with E-state index in [9.17, 15) is 0 Å². The zero-order valence-electron chi connectivity index (χ0n) is 5.37. The first-order valence-electron chi connectivity index (χ1n) is 2.58. The van der Waals surface area contributed by atoms with Crippen molar-refractivity contribution in [3.8, 4) is 0 Å². The Morgan fingerprint density at radius 2 is 1.40 bits per heavy atom. The Kier molecular flexibility index (Phi) is 6.70. The molecule has 10 heteroatoms. The van der Waals surface area contributed by atoms with Crippen molar-refractivity contribution in [3.05, 3.63) is 0 Å². The Bertz CT molecular complexity index is 77.3. The Morgan fingerprint density at radius 3 is 1.50 bits per heavy atom. The van der Waals surface area contributed by atoms with Crippen LogP contribution in [0, 0.1) is 0 Å². The summed E-state index contributed by atoms with van der Waals surface area (Å²) in [5.41, 5.74) is 0. The molecule has 0 rings (SSSR count). The molecule has 0 aliphatic rings. The van der Waals surface area contributed by atoms with E-state index in [-0.39, 0.29) is 8.70 Å². The second-order valence-electron chi connectivity index (χ2n) is 1.76. The number of hydrogen-bond donors (Lipinski definition) is 0. The van der Waals surface area contributed by atoms with E-state index in [1.165, 1.54) is 0 Å². The van der Waals surface area contributed by atoms with Crippen LogP contribution in [0.1, 0.15) is 0 Å². The predicted molar refractivity (Wildman–Crippen MR) is 74.1 cm³/mol. The van der Waals surface area contributed by atoms with Gasteiger partial charge >= 0.3 is 87.8 Å². The van der Waals surface area contributed by atoms with Crippen LogP contribution in [0.2, 0.25) is 0 Å². The minimum absolute atomic E-state index is 0.190. The third-order valence-electron chi connectivity index (χ3n) is 0.849. The van der Waals surface area contributed by atoms with Crippen LogP contribution >= 0.6 is 34.0 Å². The van der Waals surface area contributed by atoms with Crippen molar-refractivity contribution in [1.82, 2.24) is 0 Å². The molecule has 0 aromatic rings. The van der Waals surface area contributed by atoms with Gasteiger partial charge in [-0.15, -0.1) is 0 Å². The Balaban J connectivity index is 3.81. The van der Waals surface area contributed by atoms with Crippen LogP contribution in [0.4, 0.5) is 0 Å². The third kappa shape index (κ3) is 4.12. The van der Waals surface area contributed by atoms with Crippen molar-refractivity contribution >= 4 is 87.8 Å². The Labute approximate surface area is 86.8 Å². The van der Waals surface area contributed by atoms with Crippen molar-refractivity contribution in [2.75, 3.05) is 0 Å². The van der Waals surface area contributed by atoms with Gasteiger partial charge in [0.1, 0.15) is 0 Å². The average molecular weight is 340 g/mol. The topological polar surface area (TPSA) is 0 Å². The molecule has 0 aromatic carbocycles. The monoisotopic (exact) mass is 342 g/mol. The number of rotatable bonds is 3. The summed E-state index contributed by atoms with van der Waals surface area (Å²) in [6, 6.07) is 0. The second kappa shape index (κ2) is 5.60. The van der Waals surface area contributed by atoms with Gasteiger partial charge in [0, 0.05) is 0 Å². The summed E-state index contributed by atoms with van der Waals surface area (Å²) >= 11 is 0.655. The van der Waals surface area contributed by atoms with Gasteiger partial charge in [-0.1, -0.05) is 0 Å². The molecule has 0 atom stereocenters. The van der Waals surface area contributed by atoms with Gasteiger partial charge in [0.2, 0.25) is 0 Å². The van der Waals surface area contributed by atoms with Crippen molar-refractivity contribution in [2.45, 2.75) is 0 Å². The molecular weight excluding hydrogens is 340 g/mol. The van der Waals surface area contributed by atoms with Gasteiger partial charge in [0.15, 0.2) is 0 Å². The molecule has 0 saturated heterocycles. The van der Waals surface area contributed by atoms with E-state index in [2.05, 4.69) is 18.6 Å². The zero-order valence-corrected chi connectivity index (χ0v) is 9.69. The van der Waals surface area contributed by atoms with E-state index in [0.29, 0.717) is 0 Å². The van der Waals surface area contributed by atoms with E-state index < -0.39 is 21.8 Å². The molecule has 0 aromatic heterocycles. The van der Waals surface area contributed by atoms with Gasteiger partial charge in [-0.3, -0.25) is 0 Å². The molecule has 10 radical (unpaired) electrons. The maximum absolute atomic E-state index is 5.61. The second-order valence-corrected chi connectivity index (χ2v) is 12.6. The third-order valence-corrected chi connectivity index (χ3v) is 11.7. The number of halogens is 2. The van der Waals surface area contributed by atoms with Crippen molar-refractivity contribution < 1.29 is 0 Å². The maximum atomic E-state index is 5.61. The average Bonchev–Trinajstić information content (AvgIpc) is 1.84. The van der Waals surface area contributed by atoms with E-state index in [0.717, 1.165) is 0 Å². The minimum atomic E-state index is -1.54. The van der Waals surface area contributed by atoms with Crippen LogP contribution in [-0.4, -0.2) is 53.8 Å². The summed E-state index contributed by atoms with van der Waals surface area (Å²) in [6.45, 7) is 0.